The van der Waals surface area contributed by atoms with Crippen molar-refractivity contribution >= 4 is 163 Å². The van der Waals surface area contributed by atoms with Gasteiger partial charge in [0.05, 0.1) is 5.56 Å². The molecule has 1 heterocycles. The van der Waals surface area contributed by atoms with Gasteiger partial charge in [-0.1, -0.05) is 117 Å². The fourth-order valence-electron chi connectivity index (χ4n) is 9.46. The highest BCUT2D eigenvalue weighted by Gasteiger charge is 2.30. The van der Waals surface area contributed by atoms with Gasteiger partial charge in [0.25, 0.3) is 0 Å². The third-order valence-electron chi connectivity index (χ3n) is 13.2. The molecular formula is C44H37B9O5. The van der Waals surface area contributed by atoms with Crippen LogP contribution >= 0.6 is 0 Å². The predicted molar refractivity (Wildman–Crippen MR) is 271 cm³/mol. The summed E-state index contributed by atoms with van der Waals surface area (Å²) in [6.07, 6.45) is 0. The average molecular weight is 743 g/mol. The van der Waals surface area contributed by atoms with Crippen molar-refractivity contribution in [2.24, 2.45) is 0 Å². The smallest absolute Gasteiger partial charge is 0.145 e. The number of phenols is 4. The Bertz CT molecular complexity index is 3140. The summed E-state index contributed by atoms with van der Waals surface area (Å²) >= 11 is 0. The van der Waals surface area contributed by atoms with Gasteiger partial charge in [0, 0.05) is 21.9 Å². The Balaban J connectivity index is 1.44. The lowest BCUT2D eigenvalue weighted by molar-refractivity contribution is 0.460. The Hall–Kier alpha value is -6.14. The molecule has 9 rings (SSSR count). The lowest BCUT2D eigenvalue weighted by Crippen LogP contribution is -2.39. The first-order valence-electron chi connectivity index (χ1n) is 19.8. The van der Waals surface area contributed by atoms with Crippen LogP contribution in [0.15, 0.2) is 95.4 Å². The highest BCUT2D eigenvalue weighted by molar-refractivity contribution is 6.65. The first-order chi connectivity index (χ1) is 27.7. The summed E-state index contributed by atoms with van der Waals surface area (Å²) < 4.78 is 6.39. The van der Waals surface area contributed by atoms with Crippen LogP contribution in [0.3, 0.4) is 0 Å². The molecule has 0 fully saturated rings. The minimum Gasteiger partial charge on any atom is -0.509 e. The summed E-state index contributed by atoms with van der Waals surface area (Å²) in [7, 11) is 17.3. The van der Waals surface area contributed by atoms with E-state index in [0.717, 1.165) is 93.4 Å². The molecule has 8 aromatic carbocycles. The zero-order valence-corrected chi connectivity index (χ0v) is 34.4. The lowest BCUT2D eigenvalue weighted by atomic mass is 9.63. The Morgan fingerprint density at radius 2 is 0.776 bits per heavy atom. The number of phenolic OH excluding ortho intramolecular Hbond substituents is 4. The zero-order chi connectivity index (χ0) is 41.1. The van der Waals surface area contributed by atoms with Crippen molar-refractivity contribution in [3.63, 3.8) is 0 Å². The maximum Gasteiger partial charge on any atom is 0.145 e. The highest BCUT2D eigenvalue weighted by Crippen LogP contribution is 2.48. The van der Waals surface area contributed by atoms with Gasteiger partial charge < -0.3 is 24.8 Å². The molecule has 0 aliphatic rings. The van der Waals surface area contributed by atoms with Crippen molar-refractivity contribution in [1.82, 2.24) is 0 Å². The summed E-state index contributed by atoms with van der Waals surface area (Å²) in [6, 6.07) is 31.5. The number of benzene rings is 8. The van der Waals surface area contributed by atoms with E-state index in [4.69, 9.17) is 4.42 Å². The number of fused-ring (bicyclic) bond motifs is 5. The van der Waals surface area contributed by atoms with Crippen molar-refractivity contribution in [2.75, 3.05) is 0 Å². The summed E-state index contributed by atoms with van der Waals surface area (Å²) in [5, 5.41) is 52.8. The molecule has 0 radical (unpaired) electrons. The minimum absolute atomic E-state index is 0.0234. The van der Waals surface area contributed by atoms with E-state index in [9.17, 15) is 20.4 Å². The Morgan fingerprint density at radius 1 is 0.310 bits per heavy atom. The van der Waals surface area contributed by atoms with Gasteiger partial charge >= 0.3 is 0 Å². The molecule has 1 aromatic heterocycles. The van der Waals surface area contributed by atoms with Gasteiger partial charge in [-0.15, -0.1) is 0 Å². The average Bonchev–Trinajstić information content (AvgIpc) is 3.63. The quantitative estimate of drug-likeness (QED) is 0.108. The second-order valence-corrected chi connectivity index (χ2v) is 16.0. The van der Waals surface area contributed by atoms with Crippen LogP contribution in [0.5, 0.6) is 23.0 Å². The van der Waals surface area contributed by atoms with Crippen LogP contribution in [0, 0.1) is 0 Å². The van der Waals surface area contributed by atoms with Crippen LogP contribution in [0.2, 0.25) is 0 Å². The molecular weight excluding hydrogens is 706 g/mol. The van der Waals surface area contributed by atoms with Gasteiger partial charge in [-0.25, -0.2) is 0 Å². The van der Waals surface area contributed by atoms with E-state index in [2.05, 4.69) is 66.7 Å². The highest BCUT2D eigenvalue weighted by atomic mass is 16.3. The van der Waals surface area contributed by atoms with Crippen LogP contribution < -0.4 is 49.2 Å². The van der Waals surface area contributed by atoms with Crippen molar-refractivity contribution in [3.05, 3.63) is 91.0 Å². The van der Waals surface area contributed by atoms with Gasteiger partial charge in [-0.2, -0.15) is 0 Å². The second-order valence-electron chi connectivity index (χ2n) is 16.0. The fourth-order valence-corrected chi connectivity index (χ4v) is 9.46. The SMILES string of the molecule is Bc1c(B)c(O)c(-c2c3c(B)c(O)c(B)c(B)c3c(-c3ccc(-c4c(-c5ccccc5)ccc5oc6ccccc6c45)cc3)c3c(B)c(B)c(O)c(B)c23)c(O)c1B. The molecule has 58 heavy (non-hydrogen) atoms. The van der Waals surface area contributed by atoms with Gasteiger partial charge in [-0.05, 0) is 72.4 Å². The largest absolute Gasteiger partial charge is 0.509 e. The van der Waals surface area contributed by atoms with Crippen LogP contribution in [0.4, 0.5) is 0 Å². The van der Waals surface area contributed by atoms with Crippen LogP contribution in [0.25, 0.3) is 88.0 Å². The summed E-state index contributed by atoms with van der Waals surface area (Å²) in [5.41, 5.74) is 15.5. The molecule has 0 aliphatic heterocycles. The first kappa shape index (κ1) is 37.4. The number of hydrogen-bond acceptors (Lipinski definition) is 5. The van der Waals surface area contributed by atoms with Gasteiger partial charge in [0.15, 0.2) is 0 Å². The van der Waals surface area contributed by atoms with E-state index in [0.29, 0.717) is 43.8 Å². The maximum absolute atomic E-state index is 12.0. The van der Waals surface area contributed by atoms with Crippen molar-refractivity contribution in [1.29, 1.82) is 0 Å². The zero-order valence-electron chi connectivity index (χ0n) is 34.4. The number of para-hydroxylation sites is 1. The topological polar surface area (TPSA) is 94.1 Å². The normalized spacial score (nSPS) is 11.7. The van der Waals surface area contributed by atoms with E-state index in [1.807, 2.05) is 94.9 Å². The van der Waals surface area contributed by atoms with Crippen LogP contribution in [-0.4, -0.2) is 91.0 Å². The number of rotatable bonds is 4. The van der Waals surface area contributed by atoms with Crippen LogP contribution in [0.1, 0.15) is 0 Å². The molecule has 0 bridgehead atoms. The molecule has 0 saturated carbocycles. The van der Waals surface area contributed by atoms with E-state index < -0.39 is 0 Å². The van der Waals surface area contributed by atoms with Gasteiger partial charge in [0.2, 0.25) is 0 Å². The second kappa shape index (κ2) is 13.5. The summed E-state index contributed by atoms with van der Waals surface area (Å²) in [6.45, 7) is 0. The maximum atomic E-state index is 12.0. The Kier molecular flexibility index (Phi) is 8.70. The van der Waals surface area contributed by atoms with Gasteiger partial charge in [-0.3, -0.25) is 0 Å². The van der Waals surface area contributed by atoms with E-state index in [1.54, 1.807) is 0 Å². The van der Waals surface area contributed by atoms with Gasteiger partial charge in [0.1, 0.15) is 105 Å². The molecule has 0 unspecified atom stereocenters. The van der Waals surface area contributed by atoms with Crippen LogP contribution in [-0.2, 0) is 0 Å². The van der Waals surface area contributed by atoms with Crippen molar-refractivity contribution in [3.8, 4) is 67.5 Å². The number of hydrogen-bond donors (Lipinski definition) is 4. The van der Waals surface area contributed by atoms with E-state index in [1.165, 1.54) is 0 Å². The number of furan rings is 1. The molecule has 0 atom stereocenters. The fraction of sp³-hybridized carbons (Fsp3) is 0. The molecule has 0 aliphatic carbocycles. The molecule has 4 N–H and O–H groups in total. The third kappa shape index (κ3) is 5.16. The Labute approximate surface area is 345 Å². The number of aromatic hydroxyl groups is 4. The molecule has 0 amide bonds. The third-order valence-corrected chi connectivity index (χ3v) is 13.2. The predicted octanol–water partition coefficient (Wildman–Crippen LogP) is -4.29. The minimum atomic E-state index is -0.0234. The molecule has 0 spiro atoms. The standard InChI is InChI=1S/C44H37B9O5/c45-32-27-24(18-12-10-17(11-13-18)23-19(16-6-2-1-3-7-16)14-15-22-25(23)20-8-4-5-9-21(20)58-22)28-30(35(48)44(57)38(51)33(28)46)26(29(27)34(47)43(56)37(32)50)31-41(54)39(52)36(49)40(53)42(31)55/h1-15,54-57H,45-53H2. The molecule has 9 aromatic rings. The monoisotopic (exact) mass is 744 g/mol. The summed E-state index contributed by atoms with van der Waals surface area (Å²) in [5.74, 6) is 0.270. The van der Waals surface area contributed by atoms with E-state index in [-0.39, 0.29) is 23.0 Å². The Morgan fingerprint density at radius 3 is 1.33 bits per heavy atom. The molecule has 270 valence electrons. The van der Waals surface area contributed by atoms with Crippen molar-refractivity contribution in [2.45, 2.75) is 0 Å². The molecule has 0 saturated heterocycles. The van der Waals surface area contributed by atoms with Crippen molar-refractivity contribution < 1.29 is 24.8 Å². The first-order valence-corrected chi connectivity index (χ1v) is 19.8. The lowest BCUT2D eigenvalue weighted by Gasteiger charge is -2.28. The molecule has 5 nitrogen and oxygen atoms in total. The summed E-state index contributed by atoms with van der Waals surface area (Å²) in [4.78, 5) is 0. The molecule has 14 heteroatoms. The van der Waals surface area contributed by atoms with E-state index >= 15 is 0 Å².